The lowest BCUT2D eigenvalue weighted by molar-refractivity contribution is 0.191. The summed E-state index contributed by atoms with van der Waals surface area (Å²) < 4.78 is 15.3. The van der Waals surface area contributed by atoms with Crippen LogP contribution >= 0.6 is 7.82 Å². The fourth-order valence-electron chi connectivity index (χ4n) is 4.07. The number of unbranched alkanes of at least 4 members (excludes halogenated alkanes) is 16. The van der Waals surface area contributed by atoms with Gasteiger partial charge in [-0.25, -0.2) is 4.57 Å². The van der Waals surface area contributed by atoms with Gasteiger partial charge in [-0.2, -0.15) is 0 Å². The first-order chi connectivity index (χ1) is 15.0. The third-order valence-corrected chi connectivity index (χ3v) is 6.55. The van der Waals surface area contributed by atoms with Crippen molar-refractivity contribution in [2.45, 2.75) is 136 Å². The van der Waals surface area contributed by atoms with E-state index in [-0.39, 0.29) is 6.61 Å². The Hall–Kier alpha value is 0.0700. The summed E-state index contributed by atoms with van der Waals surface area (Å²) in [6.45, 7) is 8.19. The van der Waals surface area contributed by atoms with Gasteiger partial charge >= 0.3 is 7.82 Å². The van der Waals surface area contributed by atoms with Crippen LogP contribution in [0.15, 0.2) is 0 Å². The van der Waals surface area contributed by atoms with E-state index in [9.17, 15) is 4.57 Å². The van der Waals surface area contributed by atoms with Crippen molar-refractivity contribution >= 4 is 7.82 Å². The van der Waals surface area contributed by atoms with E-state index < -0.39 is 7.82 Å². The fraction of sp³-hybridized carbons (Fsp3) is 1.00. The molecule has 0 aliphatic heterocycles. The molecule has 0 rings (SSSR count). The topological polar surface area (TPSA) is 70.0 Å². The average molecular weight is 464 g/mol. The molecule has 6 heteroatoms. The molecule has 0 aromatic carbocycles. The minimum absolute atomic E-state index is 0.153. The molecule has 0 aliphatic rings. The van der Waals surface area contributed by atoms with E-state index in [1.54, 1.807) is 0 Å². The molecule has 0 saturated carbocycles. The van der Waals surface area contributed by atoms with Crippen LogP contribution < -0.4 is 0 Å². The van der Waals surface area contributed by atoms with Crippen molar-refractivity contribution in [1.82, 2.24) is 4.90 Å². The number of phosphoric acid groups is 1. The summed E-state index contributed by atoms with van der Waals surface area (Å²) in [6, 6.07) is 0. The molecule has 2 N–H and O–H groups in total. The van der Waals surface area contributed by atoms with Crippen LogP contribution in [0.5, 0.6) is 0 Å². The Morgan fingerprint density at radius 1 is 0.548 bits per heavy atom. The van der Waals surface area contributed by atoms with Crippen molar-refractivity contribution in [3.63, 3.8) is 0 Å². The standard InChI is InChI=1S/C25H54NO4P/c1-3-5-7-9-11-13-15-18-22-26(23-19-16-14-12-10-8-6-4-2)24-20-17-21-25-30-31(27,28)29/h3-25H2,1-2H3,(H2,27,28,29). The molecule has 0 aromatic heterocycles. The summed E-state index contributed by atoms with van der Waals surface area (Å²) in [7, 11) is -4.31. The van der Waals surface area contributed by atoms with Gasteiger partial charge < -0.3 is 14.7 Å². The molecule has 188 valence electrons. The Balaban J connectivity index is 3.91. The minimum Gasteiger partial charge on any atom is -0.303 e. The SMILES string of the molecule is CCCCCCCCCCN(CCCCCCCCCC)CCCCCOP(=O)(O)O. The number of phosphoric ester groups is 1. The normalized spacial score (nSPS) is 12.2. The molecule has 5 nitrogen and oxygen atoms in total. The van der Waals surface area contributed by atoms with Gasteiger partial charge in [0.15, 0.2) is 0 Å². The average Bonchev–Trinajstić information content (AvgIpc) is 2.72. The first-order valence-electron chi connectivity index (χ1n) is 13.4. The number of hydrogen-bond acceptors (Lipinski definition) is 3. The van der Waals surface area contributed by atoms with Crippen LogP contribution in [0.4, 0.5) is 0 Å². The van der Waals surface area contributed by atoms with Gasteiger partial charge in [-0.15, -0.1) is 0 Å². The third kappa shape index (κ3) is 26.2. The van der Waals surface area contributed by atoms with Crippen molar-refractivity contribution in [1.29, 1.82) is 0 Å². The van der Waals surface area contributed by atoms with Crippen LogP contribution in [0.2, 0.25) is 0 Å². The lowest BCUT2D eigenvalue weighted by Crippen LogP contribution is -2.27. The van der Waals surface area contributed by atoms with Gasteiger partial charge in [-0.3, -0.25) is 4.52 Å². The third-order valence-electron chi connectivity index (χ3n) is 6.03. The summed E-state index contributed by atoms with van der Waals surface area (Å²) in [5.41, 5.74) is 0. The van der Waals surface area contributed by atoms with E-state index in [0.29, 0.717) is 6.42 Å². The highest BCUT2D eigenvalue weighted by Crippen LogP contribution is 2.35. The molecule has 0 aliphatic carbocycles. The van der Waals surface area contributed by atoms with E-state index in [2.05, 4.69) is 23.3 Å². The highest BCUT2D eigenvalue weighted by molar-refractivity contribution is 7.46. The Labute approximate surface area is 194 Å². The van der Waals surface area contributed by atoms with Crippen molar-refractivity contribution in [2.75, 3.05) is 26.2 Å². The zero-order valence-electron chi connectivity index (χ0n) is 20.9. The number of hydrogen-bond donors (Lipinski definition) is 2. The Morgan fingerprint density at radius 2 is 0.871 bits per heavy atom. The molecule has 0 saturated heterocycles. The van der Waals surface area contributed by atoms with Gasteiger partial charge in [0.25, 0.3) is 0 Å². The molecule has 0 atom stereocenters. The molecule has 0 bridgehead atoms. The smallest absolute Gasteiger partial charge is 0.303 e. The minimum atomic E-state index is -4.31. The monoisotopic (exact) mass is 463 g/mol. The predicted octanol–water partition coefficient (Wildman–Crippen LogP) is 7.85. The van der Waals surface area contributed by atoms with Crippen molar-refractivity contribution in [2.24, 2.45) is 0 Å². The van der Waals surface area contributed by atoms with E-state index in [1.807, 2.05) is 0 Å². The summed E-state index contributed by atoms with van der Waals surface area (Å²) in [5, 5.41) is 0. The Morgan fingerprint density at radius 3 is 1.23 bits per heavy atom. The maximum atomic E-state index is 10.7. The molecule has 0 fully saturated rings. The van der Waals surface area contributed by atoms with Gasteiger partial charge in [-0.1, -0.05) is 104 Å². The predicted molar refractivity (Wildman–Crippen MR) is 134 cm³/mol. The molecule has 0 aromatic rings. The Kier molecular flexibility index (Phi) is 23.3. The van der Waals surface area contributed by atoms with Crippen LogP contribution in [-0.2, 0) is 9.09 Å². The zero-order chi connectivity index (χ0) is 23.0. The largest absolute Gasteiger partial charge is 0.469 e. The van der Waals surface area contributed by atoms with E-state index in [1.165, 1.54) is 116 Å². The molecular weight excluding hydrogens is 409 g/mol. The lowest BCUT2D eigenvalue weighted by atomic mass is 10.1. The van der Waals surface area contributed by atoms with Crippen LogP contribution in [0.25, 0.3) is 0 Å². The van der Waals surface area contributed by atoms with Gasteiger partial charge in [0.2, 0.25) is 0 Å². The second kappa shape index (κ2) is 23.2. The zero-order valence-corrected chi connectivity index (χ0v) is 21.8. The second-order valence-electron chi connectivity index (χ2n) is 9.18. The molecule has 0 unspecified atom stereocenters. The van der Waals surface area contributed by atoms with Gasteiger partial charge in [0, 0.05) is 0 Å². The summed E-state index contributed by atoms with van der Waals surface area (Å²) in [5.74, 6) is 0. The van der Waals surface area contributed by atoms with E-state index >= 15 is 0 Å². The first-order valence-corrected chi connectivity index (χ1v) is 14.9. The number of nitrogens with zero attached hydrogens (tertiary/aromatic N) is 1. The van der Waals surface area contributed by atoms with Crippen LogP contribution in [0.1, 0.15) is 136 Å². The maximum Gasteiger partial charge on any atom is 0.469 e. The summed E-state index contributed by atoms with van der Waals surface area (Å²) in [4.78, 5) is 20.1. The maximum absolute atomic E-state index is 10.7. The van der Waals surface area contributed by atoms with Crippen LogP contribution in [0, 0.1) is 0 Å². The van der Waals surface area contributed by atoms with Crippen molar-refractivity contribution < 1.29 is 18.9 Å². The molecule has 0 spiro atoms. The molecule has 31 heavy (non-hydrogen) atoms. The van der Waals surface area contributed by atoms with Gasteiger partial charge in [0.05, 0.1) is 6.61 Å². The first kappa shape index (κ1) is 31.1. The lowest BCUT2D eigenvalue weighted by Gasteiger charge is -2.22. The summed E-state index contributed by atoms with van der Waals surface area (Å²) in [6.07, 6.45) is 24.5. The highest BCUT2D eigenvalue weighted by Gasteiger charge is 2.12. The van der Waals surface area contributed by atoms with Crippen molar-refractivity contribution in [3.05, 3.63) is 0 Å². The quantitative estimate of drug-likeness (QED) is 0.107. The second-order valence-corrected chi connectivity index (χ2v) is 10.4. The highest BCUT2D eigenvalue weighted by atomic mass is 31.2. The van der Waals surface area contributed by atoms with E-state index in [0.717, 1.165) is 19.4 Å². The van der Waals surface area contributed by atoms with Crippen LogP contribution in [-0.4, -0.2) is 40.9 Å². The number of rotatable bonds is 25. The molecule has 0 heterocycles. The van der Waals surface area contributed by atoms with E-state index in [4.69, 9.17) is 9.79 Å². The summed E-state index contributed by atoms with van der Waals surface area (Å²) >= 11 is 0. The Bertz CT molecular complexity index is 383. The fourth-order valence-corrected chi connectivity index (χ4v) is 4.44. The molecule has 0 radical (unpaired) electrons. The van der Waals surface area contributed by atoms with Gasteiger partial charge in [0.1, 0.15) is 0 Å². The van der Waals surface area contributed by atoms with Gasteiger partial charge in [-0.05, 0) is 51.7 Å². The molecular formula is C25H54NO4P. The molecule has 0 amide bonds. The van der Waals surface area contributed by atoms with Crippen LogP contribution in [0.3, 0.4) is 0 Å². The van der Waals surface area contributed by atoms with Crippen molar-refractivity contribution in [3.8, 4) is 0 Å².